The van der Waals surface area contributed by atoms with Crippen molar-refractivity contribution in [3.8, 4) is 10.6 Å². The minimum Gasteiger partial charge on any atom is -0.364 e. The van der Waals surface area contributed by atoms with E-state index >= 15 is 0 Å². The molecule has 0 saturated heterocycles. The van der Waals surface area contributed by atoms with Gasteiger partial charge in [-0.3, -0.25) is 0 Å². The summed E-state index contributed by atoms with van der Waals surface area (Å²) < 4.78 is 0. The van der Waals surface area contributed by atoms with Crippen molar-refractivity contribution < 1.29 is 0 Å². The van der Waals surface area contributed by atoms with Crippen molar-refractivity contribution in [2.45, 2.75) is 26.3 Å². The van der Waals surface area contributed by atoms with Gasteiger partial charge in [-0.05, 0) is 26.0 Å². The van der Waals surface area contributed by atoms with E-state index in [0.29, 0.717) is 6.54 Å². The monoisotopic (exact) mass is 351 g/mol. The van der Waals surface area contributed by atoms with Crippen molar-refractivity contribution in [2.75, 3.05) is 18.4 Å². The Bertz CT molecular complexity index is 874. The summed E-state index contributed by atoms with van der Waals surface area (Å²) in [6.45, 7) is 4.74. The number of thiazole rings is 1. The first kappa shape index (κ1) is 16.2. The molecule has 2 N–H and O–H groups in total. The first-order valence-electron chi connectivity index (χ1n) is 8.58. The van der Waals surface area contributed by atoms with Crippen LogP contribution in [-0.2, 0) is 19.4 Å². The Morgan fingerprint density at radius 3 is 3.04 bits per heavy atom. The molecule has 0 atom stereocenters. The van der Waals surface area contributed by atoms with E-state index in [4.69, 9.17) is 4.98 Å². The highest BCUT2D eigenvalue weighted by Gasteiger charge is 2.14. The maximum Gasteiger partial charge on any atom is 0.133 e. The van der Waals surface area contributed by atoms with E-state index in [-0.39, 0.29) is 0 Å². The maximum absolute atomic E-state index is 4.77. The highest BCUT2D eigenvalue weighted by atomic mass is 32.1. The van der Waals surface area contributed by atoms with Gasteiger partial charge in [-0.1, -0.05) is 23.8 Å². The van der Waals surface area contributed by atoms with Gasteiger partial charge in [0.25, 0.3) is 0 Å². The zero-order chi connectivity index (χ0) is 17.1. The number of aromatic nitrogens is 3. The molecule has 1 aliphatic heterocycles. The number of nitrogens with zero attached hydrogens (tertiary/aromatic N) is 3. The first-order valence-corrected chi connectivity index (χ1v) is 9.46. The van der Waals surface area contributed by atoms with Crippen molar-refractivity contribution in [3.63, 3.8) is 0 Å². The van der Waals surface area contributed by atoms with Gasteiger partial charge in [-0.15, -0.1) is 11.3 Å². The fourth-order valence-electron chi connectivity index (χ4n) is 3.10. The third kappa shape index (κ3) is 3.70. The Morgan fingerprint density at radius 2 is 2.12 bits per heavy atom. The standard InChI is InChI=1S/C19H21N5S/c1-13-3-2-4-14(9-13)19-24-15(11-25-19)10-21-18-16-5-7-20-8-6-17(16)22-12-23-18/h2-4,9,11-12,20H,5-8,10H2,1H3,(H,21,22,23). The van der Waals surface area contributed by atoms with Crippen LogP contribution < -0.4 is 10.6 Å². The molecule has 1 aromatic carbocycles. The topological polar surface area (TPSA) is 62.7 Å². The third-order valence-electron chi connectivity index (χ3n) is 4.38. The summed E-state index contributed by atoms with van der Waals surface area (Å²) in [5.41, 5.74) is 5.87. The highest BCUT2D eigenvalue weighted by Crippen LogP contribution is 2.25. The fraction of sp³-hybridized carbons (Fsp3) is 0.316. The van der Waals surface area contributed by atoms with E-state index in [1.807, 2.05) is 0 Å². The van der Waals surface area contributed by atoms with Crippen LogP contribution in [0.3, 0.4) is 0 Å². The first-order chi connectivity index (χ1) is 12.3. The lowest BCUT2D eigenvalue weighted by Gasteiger charge is -2.11. The summed E-state index contributed by atoms with van der Waals surface area (Å²) in [4.78, 5) is 13.7. The van der Waals surface area contributed by atoms with Gasteiger partial charge in [0.1, 0.15) is 17.2 Å². The Hall–Kier alpha value is -2.31. The molecule has 0 bridgehead atoms. The molecule has 0 unspecified atom stereocenters. The normalized spacial score (nSPS) is 14.0. The number of anilines is 1. The van der Waals surface area contributed by atoms with Gasteiger partial charge in [0, 0.05) is 29.5 Å². The van der Waals surface area contributed by atoms with Gasteiger partial charge < -0.3 is 10.6 Å². The van der Waals surface area contributed by atoms with Crippen LogP contribution in [0.5, 0.6) is 0 Å². The maximum atomic E-state index is 4.77. The van der Waals surface area contributed by atoms with Crippen LogP contribution in [0.2, 0.25) is 0 Å². The van der Waals surface area contributed by atoms with E-state index in [9.17, 15) is 0 Å². The average Bonchev–Trinajstić information content (AvgIpc) is 2.97. The van der Waals surface area contributed by atoms with Gasteiger partial charge in [-0.25, -0.2) is 15.0 Å². The van der Waals surface area contributed by atoms with Gasteiger partial charge in [0.2, 0.25) is 0 Å². The SMILES string of the molecule is Cc1cccc(-c2nc(CNc3ncnc4c3CCNCC4)cs2)c1. The highest BCUT2D eigenvalue weighted by molar-refractivity contribution is 7.13. The molecule has 1 aliphatic rings. The Labute approximate surface area is 151 Å². The lowest BCUT2D eigenvalue weighted by Crippen LogP contribution is -2.16. The summed E-state index contributed by atoms with van der Waals surface area (Å²) in [5, 5.41) is 10.1. The zero-order valence-corrected chi connectivity index (χ0v) is 15.1. The van der Waals surface area contributed by atoms with Crippen LogP contribution in [0.25, 0.3) is 10.6 Å². The van der Waals surface area contributed by atoms with Crippen LogP contribution in [0.15, 0.2) is 36.0 Å². The summed E-state index contributed by atoms with van der Waals surface area (Å²) in [5.74, 6) is 0.943. The fourth-order valence-corrected chi connectivity index (χ4v) is 3.91. The quantitative estimate of drug-likeness (QED) is 0.756. The second-order valence-corrected chi connectivity index (χ2v) is 7.12. The lowest BCUT2D eigenvalue weighted by molar-refractivity contribution is 0.708. The number of fused-ring (bicyclic) bond motifs is 1. The van der Waals surface area contributed by atoms with Gasteiger partial charge in [0.05, 0.1) is 17.9 Å². The molecule has 5 nitrogen and oxygen atoms in total. The van der Waals surface area contributed by atoms with E-state index in [1.165, 1.54) is 16.7 Å². The molecule has 0 amide bonds. The van der Waals surface area contributed by atoms with Crippen LogP contribution in [0, 0.1) is 6.92 Å². The molecule has 3 heterocycles. The predicted octanol–water partition coefficient (Wildman–Crippen LogP) is 3.21. The van der Waals surface area contributed by atoms with Crippen LogP contribution >= 0.6 is 11.3 Å². The molecule has 3 aromatic rings. The molecule has 6 heteroatoms. The van der Waals surface area contributed by atoms with Crippen LogP contribution in [0.1, 0.15) is 22.5 Å². The number of hydrogen-bond acceptors (Lipinski definition) is 6. The van der Waals surface area contributed by atoms with Crippen LogP contribution in [0.4, 0.5) is 5.82 Å². The molecule has 25 heavy (non-hydrogen) atoms. The molecule has 0 saturated carbocycles. The molecule has 128 valence electrons. The number of rotatable bonds is 4. The third-order valence-corrected chi connectivity index (χ3v) is 5.32. The number of benzene rings is 1. The molecule has 0 fully saturated rings. The Balaban J connectivity index is 1.49. The minimum absolute atomic E-state index is 0.680. The lowest BCUT2D eigenvalue weighted by atomic mass is 10.1. The van der Waals surface area contributed by atoms with E-state index in [2.05, 4.69) is 57.2 Å². The molecule has 4 rings (SSSR count). The van der Waals surface area contributed by atoms with Gasteiger partial charge in [0.15, 0.2) is 0 Å². The Morgan fingerprint density at radius 1 is 1.20 bits per heavy atom. The van der Waals surface area contributed by atoms with E-state index in [1.54, 1.807) is 17.7 Å². The molecule has 2 aromatic heterocycles. The summed E-state index contributed by atoms with van der Waals surface area (Å²) in [6, 6.07) is 8.47. The van der Waals surface area contributed by atoms with Crippen molar-refractivity contribution in [3.05, 3.63) is 58.5 Å². The van der Waals surface area contributed by atoms with Crippen molar-refractivity contribution >= 4 is 17.2 Å². The molecular weight excluding hydrogens is 330 g/mol. The zero-order valence-electron chi connectivity index (χ0n) is 14.2. The smallest absolute Gasteiger partial charge is 0.133 e. The predicted molar refractivity (Wildman–Crippen MR) is 102 cm³/mol. The summed E-state index contributed by atoms with van der Waals surface area (Å²) in [6.07, 6.45) is 3.58. The summed E-state index contributed by atoms with van der Waals surface area (Å²) >= 11 is 1.68. The second kappa shape index (κ2) is 7.29. The second-order valence-electron chi connectivity index (χ2n) is 6.26. The largest absolute Gasteiger partial charge is 0.364 e. The van der Waals surface area contributed by atoms with Gasteiger partial charge >= 0.3 is 0 Å². The number of hydrogen-bond donors (Lipinski definition) is 2. The van der Waals surface area contributed by atoms with E-state index in [0.717, 1.165) is 48.1 Å². The number of nitrogens with one attached hydrogen (secondary N) is 2. The molecule has 0 radical (unpaired) electrons. The van der Waals surface area contributed by atoms with Crippen LogP contribution in [-0.4, -0.2) is 28.0 Å². The van der Waals surface area contributed by atoms with E-state index < -0.39 is 0 Å². The minimum atomic E-state index is 0.680. The van der Waals surface area contributed by atoms with Crippen molar-refractivity contribution in [2.24, 2.45) is 0 Å². The molecule has 0 aliphatic carbocycles. The van der Waals surface area contributed by atoms with Gasteiger partial charge in [-0.2, -0.15) is 0 Å². The number of aryl methyl sites for hydroxylation is 1. The average molecular weight is 351 g/mol. The van der Waals surface area contributed by atoms with Crippen molar-refractivity contribution in [1.29, 1.82) is 0 Å². The van der Waals surface area contributed by atoms with Crippen molar-refractivity contribution in [1.82, 2.24) is 20.3 Å². The Kier molecular flexibility index (Phi) is 4.72. The molecule has 0 spiro atoms. The summed E-state index contributed by atoms with van der Waals surface area (Å²) in [7, 11) is 0. The molecular formula is C19H21N5S.